The molecule has 1 saturated heterocycles. The second kappa shape index (κ2) is 5.91. The quantitative estimate of drug-likeness (QED) is 0.872. The summed E-state index contributed by atoms with van der Waals surface area (Å²) in [6, 6.07) is 0.444. The minimum atomic E-state index is 0.444. The zero-order valence-corrected chi connectivity index (χ0v) is 11.5. The number of thiazole rings is 1. The van der Waals surface area contributed by atoms with Crippen molar-refractivity contribution < 1.29 is 0 Å². The maximum atomic E-state index is 5.57. The van der Waals surface area contributed by atoms with E-state index in [2.05, 4.69) is 29.3 Å². The fourth-order valence-electron chi connectivity index (χ4n) is 2.28. The summed E-state index contributed by atoms with van der Waals surface area (Å²) in [7, 11) is 4.40. The molecule has 2 rings (SSSR count). The van der Waals surface area contributed by atoms with Gasteiger partial charge in [0.2, 0.25) is 0 Å². The monoisotopic (exact) mass is 254 g/mol. The number of aromatic nitrogens is 1. The second-order valence-corrected chi connectivity index (χ2v) is 5.72. The number of likely N-dealkylation sites (N-methyl/N-ethyl adjacent to an activating group) is 2. The van der Waals surface area contributed by atoms with Crippen molar-refractivity contribution in [1.82, 2.24) is 14.8 Å². The molecule has 4 nitrogen and oxygen atoms in total. The van der Waals surface area contributed by atoms with Gasteiger partial charge in [-0.3, -0.25) is 4.90 Å². The SMILES string of the molecule is CN1CCCN(C)C(c2nc(CCN)cs2)C1. The molecule has 0 saturated carbocycles. The first-order valence-electron chi connectivity index (χ1n) is 6.24. The van der Waals surface area contributed by atoms with E-state index in [0.29, 0.717) is 12.6 Å². The predicted molar refractivity (Wildman–Crippen MR) is 72.4 cm³/mol. The molecule has 1 unspecified atom stereocenters. The Morgan fingerprint density at radius 3 is 3.06 bits per heavy atom. The molecule has 1 aromatic rings. The van der Waals surface area contributed by atoms with Gasteiger partial charge in [0.1, 0.15) is 5.01 Å². The van der Waals surface area contributed by atoms with Crippen LogP contribution in [-0.2, 0) is 6.42 Å². The summed E-state index contributed by atoms with van der Waals surface area (Å²) in [5.41, 5.74) is 6.71. The first-order valence-corrected chi connectivity index (χ1v) is 7.12. The lowest BCUT2D eigenvalue weighted by Gasteiger charge is -2.25. The highest BCUT2D eigenvalue weighted by atomic mass is 32.1. The maximum Gasteiger partial charge on any atom is 0.111 e. The van der Waals surface area contributed by atoms with E-state index >= 15 is 0 Å². The van der Waals surface area contributed by atoms with Crippen LogP contribution < -0.4 is 5.73 Å². The van der Waals surface area contributed by atoms with E-state index in [1.807, 2.05) is 0 Å². The molecule has 0 bridgehead atoms. The van der Waals surface area contributed by atoms with Crippen molar-refractivity contribution >= 4 is 11.3 Å². The van der Waals surface area contributed by atoms with Crippen LogP contribution in [0.15, 0.2) is 5.38 Å². The molecule has 5 heteroatoms. The lowest BCUT2D eigenvalue weighted by Crippen LogP contribution is -2.30. The van der Waals surface area contributed by atoms with Crippen molar-refractivity contribution in [3.05, 3.63) is 16.1 Å². The van der Waals surface area contributed by atoms with Crippen molar-refractivity contribution in [2.75, 3.05) is 40.3 Å². The van der Waals surface area contributed by atoms with Gasteiger partial charge in [0, 0.05) is 18.3 Å². The van der Waals surface area contributed by atoms with Crippen LogP contribution in [0.3, 0.4) is 0 Å². The first-order chi connectivity index (χ1) is 8.20. The molecular weight excluding hydrogens is 232 g/mol. The van der Waals surface area contributed by atoms with E-state index in [1.54, 1.807) is 11.3 Å². The second-order valence-electron chi connectivity index (χ2n) is 4.83. The molecule has 0 amide bonds. The Hall–Kier alpha value is -0.490. The summed E-state index contributed by atoms with van der Waals surface area (Å²) in [6.07, 6.45) is 2.13. The Bertz CT molecular complexity index is 352. The van der Waals surface area contributed by atoms with Gasteiger partial charge in [-0.05, 0) is 40.2 Å². The largest absolute Gasteiger partial charge is 0.330 e. The third-order valence-electron chi connectivity index (χ3n) is 3.32. The smallest absolute Gasteiger partial charge is 0.111 e. The van der Waals surface area contributed by atoms with E-state index in [9.17, 15) is 0 Å². The Labute approximate surface area is 107 Å². The van der Waals surface area contributed by atoms with E-state index in [1.165, 1.54) is 18.0 Å². The summed E-state index contributed by atoms with van der Waals surface area (Å²) < 4.78 is 0. The van der Waals surface area contributed by atoms with Crippen LogP contribution in [0.4, 0.5) is 0 Å². The van der Waals surface area contributed by atoms with Gasteiger partial charge in [0.15, 0.2) is 0 Å². The molecule has 0 aliphatic carbocycles. The highest BCUT2D eigenvalue weighted by Crippen LogP contribution is 2.26. The zero-order valence-electron chi connectivity index (χ0n) is 10.7. The molecule has 2 N–H and O–H groups in total. The molecule has 1 aromatic heterocycles. The van der Waals surface area contributed by atoms with E-state index in [4.69, 9.17) is 10.7 Å². The summed E-state index contributed by atoms with van der Waals surface area (Å²) in [6.45, 7) is 4.10. The first kappa shape index (κ1) is 13.0. The lowest BCUT2D eigenvalue weighted by atomic mass is 10.2. The van der Waals surface area contributed by atoms with E-state index < -0.39 is 0 Å². The molecular formula is C12H22N4S. The summed E-state index contributed by atoms with van der Waals surface area (Å²) in [5, 5.41) is 3.39. The van der Waals surface area contributed by atoms with Gasteiger partial charge in [-0.15, -0.1) is 11.3 Å². The Balaban J connectivity index is 2.11. The third kappa shape index (κ3) is 3.25. The van der Waals surface area contributed by atoms with Crippen molar-refractivity contribution in [3.8, 4) is 0 Å². The standard InChI is InChI=1S/C12H22N4S/c1-15-6-3-7-16(2)11(8-15)12-14-10(4-5-13)9-17-12/h9,11H,3-8,13H2,1-2H3. The van der Waals surface area contributed by atoms with Crippen LogP contribution in [0.1, 0.15) is 23.2 Å². The minimum absolute atomic E-state index is 0.444. The number of rotatable bonds is 3. The number of hydrogen-bond acceptors (Lipinski definition) is 5. The Morgan fingerprint density at radius 1 is 1.47 bits per heavy atom. The maximum absolute atomic E-state index is 5.57. The lowest BCUT2D eigenvalue weighted by molar-refractivity contribution is 0.228. The molecule has 17 heavy (non-hydrogen) atoms. The summed E-state index contributed by atoms with van der Waals surface area (Å²) in [5.74, 6) is 0. The fraction of sp³-hybridized carbons (Fsp3) is 0.750. The fourth-order valence-corrected chi connectivity index (χ4v) is 3.29. The number of nitrogens with zero attached hydrogens (tertiary/aromatic N) is 3. The van der Waals surface area contributed by atoms with Crippen LogP contribution in [0.25, 0.3) is 0 Å². The van der Waals surface area contributed by atoms with Gasteiger partial charge >= 0.3 is 0 Å². The molecule has 1 aliphatic rings. The molecule has 0 radical (unpaired) electrons. The summed E-state index contributed by atoms with van der Waals surface area (Å²) in [4.78, 5) is 9.55. The normalized spacial score (nSPS) is 23.8. The minimum Gasteiger partial charge on any atom is -0.330 e. The van der Waals surface area contributed by atoms with Crippen LogP contribution in [0.2, 0.25) is 0 Å². The highest BCUT2D eigenvalue weighted by Gasteiger charge is 2.24. The average molecular weight is 254 g/mol. The Morgan fingerprint density at radius 2 is 2.29 bits per heavy atom. The third-order valence-corrected chi connectivity index (χ3v) is 4.32. The zero-order chi connectivity index (χ0) is 12.3. The van der Waals surface area contributed by atoms with Crippen molar-refractivity contribution in [2.45, 2.75) is 18.9 Å². The van der Waals surface area contributed by atoms with Gasteiger partial charge in [-0.1, -0.05) is 0 Å². The molecule has 1 fully saturated rings. The number of nitrogens with two attached hydrogens (primary N) is 1. The van der Waals surface area contributed by atoms with Crippen LogP contribution in [-0.4, -0.2) is 55.1 Å². The van der Waals surface area contributed by atoms with Crippen molar-refractivity contribution in [3.63, 3.8) is 0 Å². The molecule has 0 aromatic carbocycles. The predicted octanol–water partition coefficient (Wildman–Crippen LogP) is 0.953. The molecule has 0 spiro atoms. The molecule has 1 aliphatic heterocycles. The molecule has 1 atom stereocenters. The topological polar surface area (TPSA) is 45.4 Å². The van der Waals surface area contributed by atoms with Crippen LogP contribution in [0.5, 0.6) is 0 Å². The van der Waals surface area contributed by atoms with E-state index in [0.717, 1.165) is 25.2 Å². The molecule has 96 valence electrons. The van der Waals surface area contributed by atoms with Gasteiger partial charge < -0.3 is 10.6 Å². The van der Waals surface area contributed by atoms with Gasteiger partial charge in [0.05, 0.1) is 11.7 Å². The van der Waals surface area contributed by atoms with Gasteiger partial charge in [-0.2, -0.15) is 0 Å². The summed E-state index contributed by atoms with van der Waals surface area (Å²) >= 11 is 1.78. The number of hydrogen-bond donors (Lipinski definition) is 1. The molecule has 2 heterocycles. The van der Waals surface area contributed by atoms with Crippen molar-refractivity contribution in [2.24, 2.45) is 5.73 Å². The van der Waals surface area contributed by atoms with Crippen molar-refractivity contribution in [1.29, 1.82) is 0 Å². The average Bonchev–Trinajstić information content (AvgIpc) is 2.67. The van der Waals surface area contributed by atoms with Crippen LogP contribution in [0, 0.1) is 0 Å². The Kier molecular flexibility index (Phi) is 4.50. The van der Waals surface area contributed by atoms with Gasteiger partial charge in [-0.25, -0.2) is 4.98 Å². The highest BCUT2D eigenvalue weighted by molar-refractivity contribution is 7.09. The van der Waals surface area contributed by atoms with Gasteiger partial charge in [0.25, 0.3) is 0 Å². The van der Waals surface area contributed by atoms with Crippen LogP contribution >= 0.6 is 11.3 Å². The van der Waals surface area contributed by atoms with E-state index in [-0.39, 0.29) is 0 Å².